The van der Waals surface area contributed by atoms with Gasteiger partial charge in [-0.3, -0.25) is 15.6 Å². The molecular formula is C11H15N3OS. The molecule has 0 aliphatic heterocycles. The number of thiocarbonyl (C=S) groups is 1. The predicted octanol–water partition coefficient (Wildman–Crippen LogP) is 0.792. The molecular weight excluding hydrogens is 222 g/mol. The summed E-state index contributed by atoms with van der Waals surface area (Å²) in [6, 6.07) is 8.07. The lowest BCUT2D eigenvalue weighted by Gasteiger charge is -2.06. The van der Waals surface area contributed by atoms with Crippen molar-refractivity contribution in [1.29, 1.82) is 0 Å². The number of aryl methyl sites for hydroxylation is 2. The molecule has 0 saturated carbocycles. The first-order valence-corrected chi connectivity index (χ1v) is 5.38. The van der Waals surface area contributed by atoms with Crippen LogP contribution in [0.25, 0.3) is 0 Å². The van der Waals surface area contributed by atoms with Crippen LogP contribution in [-0.4, -0.2) is 11.0 Å². The van der Waals surface area contributed by atoms with Crippen LogP contribution in [0.15, 0.2) is 24.3 Å². The lowest BCUT2D eigenvalue weighted by molar-refractivity contribution is -0.121. The molecule has 0 aromatic heterocycles. The first-order valence-electron chi connectivity index (χ1n) is 4.98. The lowest BCUT2D eigenvalue weighted by Crippen LogP contribution is -2.44. The Bertz CT molecular complexity index is 393. The van der Waals surface area contributed by atoms with Crippen molar-refractivity contribution in [2.24, 2.45) is 5.73 Å². The largest absolute Gasteiger partial charge is 0.375 e. The van der Waals surface area contributed by atoms with E-state index in [2.05, 4.69) is 29.1 Å². The van der Waals surface area contributed by atoms with Crippen LogP contribution in [0, 0.1) is 6.92 Å². The van der Waals surface area contributed by atoms with Crippen molar-refractivity contribution >= 4 is 23.2 Å². The Morgan fingerprint density at radius 2 is 2.19 bits per heavy atom. The zero-order valence-corrected chi connectivity index (χ0v) is 9.93. The molecule has 16 heavy (non-hydrogen) atoms. The van der Waals surface area contributed by atoms with Gasteiger partial charge in [0.2, 0.25) is 5.91 Å². The van der Waals surface area contributed by atoms with Crippen molar-refractivity contribution < 1.29 is 4.79 Å². The van der Waals surface area contributed by atoms with Crippen LogP contribution >= 0.6 is 12.2 Å². The van der Waals surface area contributed by atoms with Crippen molar-refractivity contribution in [2.75, 3.05) is 0 Å². The van der Waals surface area contributed by atoms with Crippen LogP contribution in [0.1, 0.15) is 17.5 Å². The molecule has 0 saturated heterocycles. The number of rotatable bonds is 3. The summed E-state index contributed by atoms with van der Waals surface area (Å²) in [6.07, 6.45) is 1.10. The van der Waals surface area contributed by atoms with Gasteiger partial charge in [0.15, 0.2) is 5.11 Å². The molecule has 0 fully saturated rings. The SMILES string of the molecule is Cc1cccc(CCC(=O)NNC(N)=S)c1. The van der Waals surface area contributed by atoms with Gasteiger partial charge in [0.05, 0.1) is 0 Å². The molecule has 4 N–H and O–H groups in total. The molecule has 0 unspecified atom stereocenters. The van der Waals surface area contributed by atoms with Gasteiger partial charge in [-0.25, -0.2) is 0 Å². The van der Waals surface area contributed by atoms with Crippen LogP contribution in [0.5, 0.6) is 0 Å². The third-order valence-electron chi connectivity index (χ3n) is 2.05. The number of benzene rings is 1. The normalized spacial score (nSPS) is 9.56. The quantitative estimate of drug-likeness (QED) is 0.537. The average molecular weight is 237 g/mol. The van der Waals surface area contributed by atoms with Gasteiger partial charge >= 0.3 is 0 Å². The second kappa shape index (κ2) is 6.07. The molecule has 0 radical (unpaired) electrons. The van der Waals surface area contributed by atoms with Crippen LogP contribution in [0.3, 0.4) is 0 Å². The highest BCUT2D eigenvalue weighted by Crippen LogP contribution is 2.06. The van der Waals surface area contributed by atoms with Crippen molar-refractivity contribution in [3.63, 3.8) is 0 Å². The topological polar surface area (TPSA) is 67.2 Å². The number of nitrogens with two attached hydrogens (primary N) is 1. The third-order valence-corrected chi connectivity index (χ3v) is 2.15. The van der Waals surface area contributed by atoms with Gasteiger partial charge in [0.25, 0.3) is 0 Å². The number of hydrogen-bond donors (Lipinski definition) is 3. The van der Waals surface area contributed by atoms with Gasteiger partial charge in [-0.05, 0) is 31.1 Å². The number of hydrogen-bond acceptors (Lipinski definition) is 2. The summed E-state index contributed by atoms with van der Waals surface area (Å²) in [5.74, 6) is -0.130. The fourth-order valence-corrected chi connectivity index (χ4v) is 1.37. The van der Waals surface area contributed by atoms with Crippen LogP contribution in [0.4, 0.5) is 0 Å². The fourth-order valence-electron chi connectivity index (χ4n) is 1.32. The molecule has 0 spiro atoms. The molecule has 86 valence electrons. The maximum atomic E-state index is 11.3. The van der Waals surface area contributed by atoms with Gasteiger partial charge < -0.3 is 5.73 Å². The average Bonchev–Trinajstić information content (AvgIpc) is 2.23. The van der Waals surface area contributed by atoms with Crippen molar-refractivity contribution in [1.82, 2.24) is 10.9 Å². The predicted molar refractivity (Wildman–Crippen MR) is 67.6 cm³/mol. The van der Waals surface area contributed by atoms with E-state index >= 15 is 0 Å². The van der Waals surface area contributed by atoms with Crippen LogP contribution < -0.4 is 16.6 Å². The Balaban J connectivity index is 2.34. The Kier molecular flexibility index (Phi) is 4.72. The highest BCUT2D eigenvalue weighted by Gasteiger charge is 2.01. The number of carbonyl (C=O) groups is 1. The summed E-state index contributed by atoms with van der Waals surface area (Å²) in [4.78, 5) is 11.3. The van der Waals surface area contributed by atoms with Gasteiger partial charge in [0, 0.05) is 6.42 Å². The zero-order chi connectivity index (χ0) is 12.0. The minimum Gasteiger partial charge on any atom is -0.375 e. The van der Waals surface area contributed by atoms with Gasteiger partial charge in [0.1, 0.15) is 0 Å². The van der Waals surface area contributed by atoms with Gasteiger partial charge in [-0.2, -0.15) is 0 Å². The lowest BCUT2D eigenvalue weighted by atomic mass is 10.1. The molecule has 0 aliphatic rings. The van der Waals surface area contributed by atoms with E-state index in [4.69, 9.17) is 5.73 Å². The highest BCUT2D eigenvalue weighted by atomic mass is 32.1. The monoisotopic (exact) mass is 237 g/mol. The minimum absolute atomic E-state index is 0.0592. The van der Waals surface area contributed by atoms with Crippen molar-refractivity contribution in [2.45, 2.75) is 19.8 Å². The van der Waals surface area contributed by atoms with Crippen LogP contribution in [0.2, 0.25) is 0 Å². The molecule has 5 heteroatoms. The molecule has 0 heterocycles. The second-order valence-corrected chi connectivity index (χ2v) is 3.97. The summed E-state index contributed by atoms with van der Waals surface area (Å²) < 4.78 is 0. The van der Waals surface area contributed by atoms with E-state index in [-0.39, 0.29) is 11.0 Å². The Morgan fingerprint density at radius 1 is 1.44 bits per heavy atom. The second-order valence-electron chi connectivity index (χ2n) is 3.53. The molecule has 1 aromatic rings. The summed E-state index contributed by atoms with van der Waals surface area (Å²) >= 11 is 4.56. The first kappa shape index (κ1) is 12.4. The maximum absolute atomic E-state index is 11.3. The molecule has 0 aliphatic carbocycles. The van der Waals surface area contributed by atoms with E-state index in [0.717, 1.165) is 5.56 Å². The third kappa shape index (κ3) is 4.75. The molecule has 0 bridgehead atoms. The van der Waals surface area contributed by atoms with Crippen molar-refractivity contribution in [3.8, 4) is 0 Å². The number of carbonyl (C=O) groups excluding carboxylic acids is 1. The van der Waals surface area contributed by atoms with Gasteiger partial charge in [-0.15, -0.1) is 0 Å². The highest BCUT2D eigenvalue weighted by molar-refractivity contribution is 7.80. The number of nitrogens with one attached hydrogen (secondary N) is 2. The van der Waals surface area contributed by atoms with Crippen LogP contribution in [-0.2, 0) is 11.2 Å². The fraction of sp³-hybridized carbons (Fsp3) is 0.273. The van der Waals surface area contributed by atoms with E-state index in [1.807, 2.05) is 25.1 Å². The van der Waals surface area contributed by atoms with E-state index in [1.54, 1.807) is 0 Å². The summed E-state index contributed by atoms with van der Waals surface area (Å²) in [7, 11) is 0. The first-order chi connectivity index (χ1) is 7.58. The van der Waals surface area contributed by atoms with Crippen molar-refractivity contribution in [3.05, 3.63) is 35.4 Å². The zero-order valence-electron chi connectivity index (χ0n) is 9.12. The van der Waals surface area contributed by atoms with E-state index < -0.39 is 0 Å². The molecule has 1 amide bonds. The Labute approximate surface area is 100 Å². The van der Waals surface area contributed by atoms with Gasteiger partial charge in [-0.1, -0.05) is 29.8 Å². The summed E-state index contributed by atoms with van der Waals surface area (Å²) in [5, 5.41) is 0.0592. The number of hydrazine groups is 1. The molecule has 1 rings (SSSR count). The Morgan fingerprint density at radius 3 is 2.81 bits per heavy atom. The Hall–Kier alpha value is -1.62. The molecule has 1 aromatic carbocycles. The van der Waals surface area contributed by atoms with E-state index in [0.29, 0.717) is 12.8 Å². The molecule has 4 nitrogen and oxygen atoms in total. The van der Waals surface area contributed by atoms with E-state index in [9.17, 15) is 4.79 Å². The summed E-state index contributed by atoms with van der Waals surface area (Å²) in [6.45, 7) is 2.03. The summed E-state index contributed by atoms with van der Waals surface area (Å²) in [5.41, 5.74) is 12.3. The number of amides is 1. The molecule has 0 atom stereocenters. The smallest absolute Gasteiger partial charge is 0.238 e. The maximum Gasteiger partial charge on any atom is 0.238 e. The van der Waals surface area contributed by atoms with E-state index in [1.165, 1.54) is 5.56 Å². The standard InChI is InChI=1S/C11H15N3OS/c1-8-3-2-4-9(7-8)5-6-10(15)13-14-11(12)16/h2-4,7H,5-6H2,1H3,(H,13,15)(H3,12,14,16). The minimum atomic E-state index is -0.130.